The monoisotopic (exact) mass is 200 g/mol. The molecule has 1 N–H and O–H groups in total. The largest absolute Gasteiger partial charge is 0.396 e. The summed E-state index contributed by atoms with van der Waals surface area (Å²) in [5, 5.41) is 9.05. The molecular formula is C10H10F2O2. The Balaban J connectivity index is 2.28. The molecule has 0 spiro atoms. The first kappa shape index (κ1) is 9.55. The van der Waals surface area contributed by atoms with Gasteiger partial charge in [0.15, 0.2) is 0 Å². The zero-order chi connectivity index (χ0) is 10.1. The Morgan fingerprint density at radius 1 is 1.36 bits per heavy atom. The van der Waals surface area contributed by atoms with Crippen molar-refractivity contribution in [2.75, 3.05) is 13.2 Å². The second kappa shape index (κ2) is 3.63. The van der Waals surface area contributed by atoms with Crippen LogP contribution in [-0.4, -0.2) is 24.4 Å². The van der Waals surface area contributed by atoms with Crippen LogP contribution in [-0.2, 0) is 4.74 Å². The molecule has 2 unspecified atom stereocenters. The number of aliphatic hydroxyl groups excluding tert-OH is 1. The molecule has 76 valence electrons. The highest BCUT2D eigenvalue weighted by molar-refractivity contribution is 5.24. The van der Waals surface area contributed by atoms with E-state index >= 15 is 0 Å². The molecule has 1 aliphatic rings. The van der Waals surface area contributed by atoms with Crippen molar-refractivity contribution in [3.63, 3.8) is 0 Å². The van der Waals surface area contributed by atoms with Gasteiger partial charge in [0, 0.05) is 12.0 Å². The highest BCUT2D eigenvalue weighted by atomic mass is 19.1. The second-order valence-corrected chi connectivity index (χ2v) is 3.36. The van der Waals surface area contributed by atoms with Crippen LogP contribution in [0.25, 0.3) is 0 Å². The number of aliphatic hydroxyl groups is 1. The van der Waals surface area contributed by atoms with Crippen molar-refractivity contribution in [2.24, 2.45) is 0 Å². The SMILES string of the molecule is OCC(c1cc(F)cc(F)c1)C1CO1. The summed E-state index contributed by atoms with van der Waals surface area (Å²) >= 11 is 0. The Labute approximate surface area is 80.1 Å². The van der Waals surface area contributed by atoms with E-state index in [1.165, 1.54) is 12.1 Å². The molecule has 2 atom stereocenters. The minimum absolute atomic E-state index is 0.0961. The van der Waals surface area contributed by atoms with Crippen molar-refractivity contribution < 1.29 is 18.6 Å². The molecule has 0 saturated carbocycles. The normalized spacial score (nSPS) is 22.1. The van der Waals surface area contributed by atoms with Crippen molar-refractivity contribution in [3.8, 4) is 0 Å². The third-order valence-electron chi connectivity index (χ3n) is 2.32. The molecule has 1 aromatic carbocycles. The lowest BCUT2D eigenvalue weighted by molar-refractivity contribution is 0.235. The highest BCUT2D eigenvalue weighted by Crippen LogP contribution is 2.30. The van der Waals surface area contributed by atoms with E-state index in [9.17, 15) is 8.78 Å². The molecule has 1 saturated heterocycles. The molecule has 0 radical (unpaired) electrons. The number of ether oxygens (including phenoxy) is 1. The third kappa shape index (κ3) is 1.91. The number of hydrogen-bond donors (Lipinski definition) is 1. The van der Waals surface area contributed by atoms with Crippen molar-refractivity contribution >= 4 is 0 Å². The standard InChI is InChI=1S/C10H10F2O2/c11-7-1-6(2-8(12)3-7)9(4-13)10-5-14-10/h1-3,9-10,13H,4-5H2. The van der Waals surface area contributed by atoms with Crippen LogP contribution in [0.2, 0.25) is 0 Å². The number of hydrogen-bond acceptors (Lipinski definition) is 2. The summed E-state index contributed by atoms with van der Waals surface area (Å²) in [6, 6.07) is 3.27. The Hall–Kier alpha value is -1.00. The topological polar surface area (TPSA) is 32.8 Å². The van der Waals surface area contributed by atoms with Gasteiger partial charge in [0.25, 0.3) is 0 Å². The minimum Gasteiger partial charge on any atom is -0.396 e. The van der Waals surface area contributed by atoms with E-state index in [1.54, 1.807) is 0 Å². The second-order valence-electron chi connectivity index (χ2n) is 3.36. The van der Waals surface area contributed by atoms with E-state index in [1.807, 2.05) is 0 Å². The van der Waals surface area contributed by atoms with Crippen LogP contribution in [0.3, 0.4) is 0 Å². The predicted octanol–water partition coefficient (Wildman–Crippen LogP) is 1.44. The molecule has 0 bridgehead atoms. The Bertz CT molecular complexity index is 317. The van der Waals surface area contributed by atoms with Gasteiger partial charge in [-0.15, -0.1) is 0 Å². The molecule has 1 aromatic rings. The van der Waals surface area contributed by atoms with E-state index in [4.69, 9.17) is 9.84 Å². The smallest absolute Gasteiger partial charge is 0.126 e. The maximum Gasteiger partial charge on any atom is 0.126 e. The van der Waals surface area contributed by atoms with Crippen LogP contribution in [0.4, 0.5) is 8.78 Å². The maximum absolute atomic E-state index is 12.8. The van der Waals surface area contributed by atoms with Crippen LogP contribution < -0.4 is 0 Å². The van der Waals surface area contributed by atoms with Gasteiger partial charge in [0.05, 0.1) is 19.3 Å². The molecule has 0 amide bonds. The molecule has 4 heteroatoms. The van der Waals surface area contributed by atoms with Crippen molar-refractivity contribution in [3.05, 3.63) is 35.4 Å². The fourth-order valence-corrected chi connectivity index (χ4v) is 1.51. The lowest BCUT2D eigenvalue weighted by Crippen LogP contribution is -2.11. The summed E-state index contributed by atoms with van der Waals surface area (Å²) in [7, 11) is 0. The number of halogens is 2. The number of rotatable bonds is 3. The summed E-state index contributed by atoms with van der Waals surface area (Å²) in [6.07, 6.45) is -0.0961. The summed E-state index contributed by atoms with van der Waals surface area (Å²) < 4.78 is 30.7. The molecule has 1 fully saturated rings. The van der Waals surface area contributed by atoms with Gasteiger partial charge in [-0.05, 0) is 17.7 Å². The summed E-state index contributed by atoms with van der Waals surface area (Å²) in [5.74, 6) is -1.57. The van der Waals surface area contributed by atoms with E-state index in [0.29, 0.717) is 12.2 Å². The summed E-state index contributed by atoms with van der Waals surface area (Å²) in [6.45, 7) is 0.386. The Morgan fingerprint density at radius 3 is 2.36 bits per heavy atom. The molecule has 0 aromatic heterocycles. The van der Waals surface area contributed by atoms with E-state index < -0.39 is 11.6 Å². The van der Waals surface area contributed by atoms with Gasteiger partial charge >= 0.3 is 0 Å². The van der Waals surface area contributed by atoms with Gasteiger partial charge in [-0.3, -0.25) is 0 Å². The Morgan fingerprint density at radius 2 is 1.93 bits per heavy atom. The first-order valence-electron chi connectivity index (χ1n) is 4.39. The maximum atomic E-state index is 12.8. The lowest BCUT2D eigenvalue weighted by Gasteiger charge is -2.11. The van der Waals surface area contributed by atoms with Crippen LogP contribution in [0.5, 0.6) is 0 Å². The zero-order valence-electron chi connectivity index (χ0n) is 7.41. The van der Waals surface area contributed by atoms with E-state index in [0.717, 1.165) is 6.07 Å². The van der Waals surface area contributed by atoms with Gasteiger partial charge in [0.2, 0.25) is 0 Å². The summed E-state index contributed by atoms with van der Waals surface area (Å²) in [5.41, 5.74) is 0.451. The fraction of sp³-hybridized carbons (Fsp3) is 0.400. The number of benzene rings is 1. The minimum atomic E-state index is -0.626. The average Bonchev–Trinajstić information content (AvgIpc) is 2.87. The van der Waals surface area contributed by atoms with Crippen LogP contribution in [0, 0.1) is 11.6 Å². The van der Waals surface area contributed by atoms with Gasteiger partial charge in [-0.25, -0.2) is 8.78 Å². The molecular weight excluding hydrogens is 190 g/mol. The van der Waals surface area contributed by atoms with Gasteiger partial charge in [-0.1, -0.05) is 0 Å². The molecule has 2 rings (SSSR count). The van der Waals surface area contributed by atoms with Gasteiger partial charge < -0.3 is 9.84 Å². The Kier molecular flexibility index (Phi) is 2.48. The molecule has 1 aliphatic heterocycles. The number of epoxide rings is 1. The molecule has 14 heavy (non-hydrogen) atoms. The van der Waals surface area contributed by atoms with Crippen LogP contribution >= 0.6 is 0 Å². The lowest BCUT2D eigenvalue weighted by atomic mass is 9.97. The first-order valence-corrected chi connectivity index (χ1v) is 4.39. The van der Waals surface area contributed by atoms with E-state index in [2.05, 4.69) is 0 Å². The van der Waals surface area contributed by atoms with Gasteiger partial charge in [-0.2, -0.15) is 0 Å². The first-order chi connectivity index (χ1) is 6.70. The average molecular weight is 200 g/mol. The van der Waals surface area contributed by atoms with Crippen LogP contribution in [0.15, 0.2) is 18.2 Å². The van der Waals surface area contributed by atoms with Crippen molar-refractivity contribution in [2.45, 2.75) is 12.0 Å². The van der Waals surface area contributed by atoms with E-state index in [-0.39, 0.29) is 18.6 Å². The van der Waals surface area contributed by atoms with Crippen LogP contribution in [0.1, 0.15) is 11.5 Å². The quantitative estimate of drug-likeness (QED) is 0.749. The third-order valence-corrected chi connectivity index (χ3v) is 2.32. The zero-order valence-corrected chi connectivity index (χ0v) is 7.41. The predicted molar refractivity (Wildman–Crippen MR) is 45.9 cm³/mol. The fourth-order valence-electron chi connectivity index (χ4n) is 1.51. The van der Waals surface area contributed by atoms with Gasteiger partial charge in [0.1, 0.15) is 11.6 Å². The highest BCUT2D eigenvalue weighted by Gasteiger charge is 2.33. The summed E-state index contributed by atoms with van der Waals surface area (Å²) in [4.78, 5) is 0. The molecule has 1 heterocycles. The molecule has 2 nitrogen and oxygen atoms in total. The molecule has 0 aliphatic carbocycles. The van der Waals surface area contributed by atoms with Crippen molar-refractivity contribution in [1.82, 2.24) is 0 Å². The van der Waals surface area contributed by atoms with Crippen molar-refractivity contribution in [1.29, 1.82) is 0 Å².